The standard InChI is InChI=1S/C8H14ClN/c1-10-5-6-2-3-7(9)8(10)4-6/h6-8H,2-5H2,1H3/t6?,7-,8-/m1/s1. The molecule has 0 aromatic rings. The number of fused-ring (bicyclic) bond motifs is 2. The van der Waals surface area contributed by atoms with Crippen LogP contribution in [0, 0.1) is 5.92 Å². The highest BCUT2D eigenvalue weighted by Gasteiger charge is 2.38. The molecular weight excluding hydrogens is 146 g/mol. The molecule has 1 saturated heterocycles. The largest absolute Gasteiger partial charge is 0.302 e. The maximum absolute atomic E-state index is 6.16. The van der Waals surface area contributed by atoms with Gasteiger partial charge < -0.3 is 4.90 Å². The lowest BCUT2D eigenvalue weighted by Crippen LogP contribution is -2.33. The monoisotopic (exact) mass is 159 g/mol. The van der Waals surface area contributed by atoms with Gasteiger partial charge in [0.25, 0.3) is 0 Å². The van der Waals surface area contributed by atoms with E-state index >= 15 is 0 Å². The molecule has 2 rings (SSSR count). The maximum Gasteiger partial charge on any atom is 0.0491 e. The van der Waals surface area contributed by atoms with Gasteiger partial charge in [-0.05, 0) is 32.2 Å². The molecule has 0 aromatic carbocycles. The lowest BCUT2D eigenvalue weighted by Gasteiger charge is -2.25. The number of hydrogen-bond acceptors (Lipinski definition) is 1. The third kappa shape index (κ3) is 0.960. The van der Waals surface area contributed by atoms with Crippen LogP contribution in [0.1, 0.15) is 19.3 Å². The van der Waals surface area contributed by atoms with Crippen LogP contribution in [0.2, 0.25) is 0 Å². The Labute approximate surface area is 67.3 Å². The molecule has 0 aromatic heterocycles. The van der Waals surface area contributed by atoms with Crippen LogP contribution >= 0.6 is 11.6 Å². The Morgan fingerprint density at radius 2 is 2.20 bits per heavy atom. The van der Waals surface area contributed by atoms with E-state index in [0.717, 1.165) is 5.92 Å². The van der Waals surface area contributed by atoms with E-state index < -0.39 is 0 Å². The average molecular weight is 160 g/mol. The molecule has 0 N–H and O–H groups in total. The molecule has 1 nitrogen and oxygen atoms in total. The zero-order valence-electron chi connectivity index (χ0n) is 6.39. The summed E-state index contributed by atoms with van der Waals surface area (Å²) in [6.45, 7) is 1.29. The van der Waals surface area contributed by atoms with E-state index in [9.17, 15) is 0 Å². The van der Waals surface area contributed by atoms with E-state index in [1.54, 1.807) is 0 Å². The van der Waals surface area contributed by atoms with Crippen molar-refractivity contribution in [2.45, 2.75) is 30.7 Å². The van der Waals surface area contributed by atoms with Gasteiger partial charge in [-0.2, -0.15) is 0 Å². The van der Waals surface area contributed by atoms with Crippen molar-refractivity contribution in [3.63, 3.8) is 0 Å². The van der Waals surface area contributed by atoms with Gasteiger partial charge in [-0.1, -0.05) is 0 Å². The fourth-order valence-corrected chi connectivity index (χ4v) is 2.78. The van der Waals surface area contributed by atoms with Crippen LogP contribution in [0.15, 0.2) is 0 Å². The van der Waals surface area contributed by atoms with Gasteiger partial charge in [0.05, 0.1) is 0 Å². The summed E-state index contributed by atoms with van der Waals surface area (Å²) in [4.78, 5) is 2.43. The van der Waals surface area contributed by atoms with Crippen LogP contribution in [0.3, 0.4) is 0 Å². The Balaban J connectivity index is 2.10. The molecule has 2 aliphatic rings. The Morgan fingerprint density at radius 3 is 2.90 bits per heavy atom. The van der Waals surface area contributed by atoms with Gasteiger partial charge in [0.1, 0.15) is 0 Å². The van der Waals surface area contributed by atoms with Gasteiger partial charge in [0.15, 0.2) is 0 Å². The molecule has 0 amide bonds. The topological polar surface area (TPSA) is 3.24 Å². The van der Waals surface area contributed by atoms with Gasteiger partial charge in [0.2, 0.25) is 0 Å². The summed E-state index contributed by atoms with van der Waals surface area (Å²) in [7, 11) is 2.20. The summed E-state index contributed by atoms with van der Waals surface area (Å²) in [5.41, 5.74) is 0. The molecule has 2 fully saturated rings. The second kappa shape index (κ2) is 2.38. The third-order valence-electron chi connectivity index (χ3n) is 2.96. The second-order valence-corrected chi connectivity index (χ2v) is 4.26. The van der Waals surface area contributed by atoms with Crippen molar-refractivity contribution in [1.29, 1.82) is 0 Å². The predicted molar refractivity (Wildman–Crippen MR) is 43.4 cm³/mol. The van der Waals surface area contributed by atoms with E-state index in [1.807, 2.05) is 0 Å². The van der Waals surface area contributed by atoms with Crippen molar-refractivity contribution in [3.05, 3.63) is 0 Å². The molecule has 58 valence electrons. The lowest BCUT2D eigenvalue weighted by molar-refractivity contribution is 0.300. The number of rotatable bonds is 0. The first kappa shape index (κ1) is 6.93. The minimum atomic E-state index is 0.434. The summed E-state index contributed by atoms with van der Waals surface area (Å²) in [6.07, 6.45) is 3.95. The molecule has 1 saturated carbocycles. The Bertz CT molecular complexity index is 133. The van der Waals surface area contributed by atoms with E-state index in [1.165, 1.54) is 25.8 Å². The molecule has 2 heteroatoms. The molecular formula is C8H14ClN. The zero-order valence-corrected chi connectivity index (χ0v) is 7.14. The van der Waals surface area contributed by atoms with Gasteiger partial charge in [-0.3, -0.25) is 0 Å². The van der Waals surface area contributed by atoms with Crippen LogP contribution in [-0.4, -0.2) is 29.9 Å². The summed E-state index contributed by atoms with van der Waals surface area (Å²) < 4.78 is 0. The van der Waals surface area contributed by atoms with Crippen LogP contribution in [0.25, 0.3) is 0 Å². The van der Waals surface area contributed by atoms with Crippen LogP contribution < -0.4 is 0 Å². The first-order chi connectivity index (χ1) is 4.77. The molecule has 3 atom stereocenters. The van der Waals surface area contributed by atoms with Crippen LogP contribution in [0.5, 0.6) is 0 Å². The molecule has 0 spiro atoms. The van der Waals surface area contributed by atoms with Crippen molar-refractivity contribution in [3.8, 4) is 0 Å². The Hall–Kier alpha value is 0.250. The fourth-order valence-electron chi connectivity index (χ4n) is 2.36. The molecule has 1 aliphatic heterocycles. The summed E-state index contributed by atoms with van der Waals surface area (Å²) >= 11 is 6.16. The number of likely N-dealkylation sites (tertiary alicyclic amines) is 1. The smallest absolute Gasteiger partial charge is 0.0491 e. The highest BCUT2D eigenvalue weighted by molar-refractivity contribution is 6.21. The molecule has 0 radical (unpaired) electrons. The number of hydrogen-bond donors (Lipinski definition) is 0. The number of alkyl halides is 1. The first-order valence-corrected chi connectivity index (χ1v) is 4.55. The summed E-state index contributed by atoms with van der Waals surface area (Å²) in [6, 6.07) is 0.695. The van der Waals surface area contributed by atoms with E-state index in [2.05, 4.69) is 11.9 Å². The number of halogens is 1. The molecule has 10 heavy (non-hydrogen) atoms. The first-order valence-electron chi connectivity index (χ1n) is 4.11. The van der Waals surface area contributed by atoms with Gasteiger partial charge >= 0.3 is 0 Å². The lowest BCUT2D eigenvalue weighted by atomic mass is 9.90. The highest BCUT2D eigenvalue weighted by atomic mass is 35.5. The second-order valence-electron chi connectivity index (χ2n) is 3.70. The molecule has 1 unspecified atom stereocenters. The average Bonchev–Trinajstić information content (AvgIpc) is 2.21. The van der Waals surface area contributed by atoms with E-state index in [4.69, 9.17) is 11.6 Å². The van der Waals surface area contributed by atoms with E-state index in [0.29, 0.717) is 11.4 Å². The molecule has 1 aliphatic carbocycles. The van der Waals surface area contributed by atoms with Crippen molar-refractivity contribution >= 4 is 11.6 Å². The molecule has 1 heterocycles. The van der Waals surface area contributed by atoms with Gasteiger partial charge in [-0.25, -0.2) is 0 Å². The van der Waals surface area contributed by atoms with Crippen LogP contribution in [0.4, 0.5) is 0 Å². The zero-order chi connectivity index (χ0) is 7.14. The maximum atomic E-state index is 6.16. The highest BCUT2D eigenvalue weighted by Crippen LogP contribution is 2.36. The van der Waals surface area contributed by atoms with Crippen molar-refractivity contribution in [1.82, 2.24) is 4.90 Å². The van der Waals surface area contributed by atoms with Gasteiger partial charge in [-0.15, -0.1) is 11.6 Å². The Kier molecular flexibility index (Phi) is 1.65. The van der Waals surface area contributed by atoms with E-state index in [-0.39, 0.29) is 0 Å². The predicted octanol–water partition coefficient (Wildman–Crippen LogP) is 1.71. The normalized spacial score (nSPS) is 48.0. The fraction of sp³-hybridized carbons (Fsp3) is 1.00. The third-order valence-corrected chi connectivity index (χ3v) is 3.46. The van der Waals surface area contributed by atoms with Crippen molar-refractivity contribution in [2.24, 2.45) is 5.92 Å². The van der Waals surface area contributed by atoms with Gasteiger partial charge in [0, 0.05) is 18.0 Å². The molecule has 2 bridgehead atoms. The Morgan fingerprint density at radius 1 is 1.40 bits per heavy atom. The minimum Gasteiger partial charge on any atom is -0.302 e. The quantitative estimate of drug-likeness (QED) is 0.487. The van der Waals surface area contributed by atoms with Crippen molar-refractivity contribution in [2.75, 3.05) is 13.6 Å². The minimum absolute atomic E-state index is 0.434. The SMILES string of the molecule is CN1CC2CC[C@@H](Cl)[C@H]1C2. The van der Waals surface area contributed by atoms with Crippen LogP contribution in [-0.2, 0) is 0 Å². The summed E-state index contributed by atoms with van der Waals surface area (Å²) in [5, 5.41) is 0.434. The summed E-state index contributed by atoms with van der Waals surface area (Å²) in [5.74, 6) is 0.963. The number of nitrogens with zero attached hydrogens (tertiary/aromatic N) is 1. The van der Waals surface area contributed by atoms with Crippen molar-refractivity contribution < 1.29 is 0 Å².